The molecule has 9 heteroatoms. The molecule has 1 N–H and O–H groups in total. The maximum atomic E-state index is 13.1. The number of benzene rings is 3. The molecule has 1 saturated heterocycles. The average molecular weight is 503 g/mol. The molecule has 8 nitrogen and oxygen atoms in total. The number of urea groups is 1. The molecule has 0 saturated carbocycles. The number of carbonyl (C=O) groups excluding carboxylic acids is 4. The lowest BCUT2D eigenvalue weighted by atomic mass is 10.1. The quantitative estimate of drug-likeness (QED) is 0.228. The monoisotopic (exact) mass is 502 g/mol. The summed E-state index contributed by atoms with van der Waals surface area (Å²) in [6.07, 6.45) is 4.08. The number of hydrogen-bond acceptors (Lipinski definition) is 6. The molecule has 4 rings (SSSR count). The van der Waals surface area contributed by atoms with E-state index >= 15 is 0 Å². The number of ether oxygens (including phenoxy) is 2. The van der Waals surface area contributed by atoms with E-state index in [0.717, 1.165) is 10.5 Å². The molecule has 3 aromatic rings. The van der Waals surface area contributed by atoms with Crippen LogP contribution in [0.3, 0.4) is 0 Å². The lowest BCUT2D eigenvalue weighted by Crippen LogP contribution is -2.54. The Morgan fingerprint density at radius 3 is 2.33 bits per heavy atom. The standard InChI is InChI=1S/C27H19ClN2O6/c1-35-21-13-11-20(12-14-21)30-26(33)22(25(32)29-27(30)34)16-18-4-2-3-5-23(18)36-24(31)15-8-17-6-9-19(28)10-7-17/h2-16H,1H3,(H,29,32,34)/b15-8+,22-16-. The highest BCUT2D eigenvalue weighted by Gasteiger charge is 2.37. The molecule has 0 radical (unpaired) electrons. The Bertz CT molecular complexity index is 1390. The van der Waals surface area contributed by atoms with Gasteiger partial charge in [0.15, 0.2) is 0 Å². The van der Waals surface area contributed by atoms with Crippen molar-refractivity contribution < 1.29 is 28.7 Å². The zero-order valence-corrected chi connectivity index (χ0v) is 19.7. The number of halogens is 1. The summed E-state index contributed by atoms with van der Waals surface area (Å²) in [6.45, 7) is 0. The second-order valence-electron chi connectivity index (χ2n) is 7.50. The van der Waals surface area contributed by atoms with Crippen LogP contribution in [0.15, 0.2) is 84.4 Å². The zero-order valence-electron chi connectivity index (χ0n) is 18.9. The lowest BCUT2D eigenvalue weighted by Gasteiger charge is -2.26. The number of esters is 1. The van der Waals surface area contributed by atoms with E-state index < -0.39 is 23.8 Å². The number of imide groups is 2. The summed E-state index contributed by atoms with van der Waals surface area (Å²) in [5.41, 5.74) is 1.00. The van der Waals surface area contributed by atoms with E-state index in [-0.39, 0.29) is 17.0 Å². The number of anilines is 1. The van der Waals surface area contributed by atoms with Gasteiger partial charge < -0.3 is 9.47 Å². The Hall–Kier alpha value is -4.69. The third kappa shape index (κ3) is 5.51. The summed E-state index contributed by atoms with van der Waals surface area (Å²) in [5.74, 6) is -1.68. The van der Waals surface area contributed by atoms with Gasteiger partial charge in [0.05, 0.1) is 12.8 Å². The smallest absolute Gasteiger partial charge is 0.336 e. The van der Waals surface area contributed by atoms with Crippen LogP contribution < -0.4 is 19.7 Å². The molecule has 1 fully saturated rings. The van der Waals surface area contributed by atoms with Crippen LogP contribution in [0.25, 0.3) is 12.2 Å². The maximum Gasteiger partial charge on any atom is 0.336 e. The molecule has 0 aliphatic carbocycles. The van der Waals surface area contributed by atoms with Crippen LogP contribution in [0, 0.1) is 0 Å². The molecule has 1 aliphatic heterocycles. The number of para-hydroxylation sites is 1. The molecule has 0 aromatic heterocycles. The molecule has 4 amide bonds. The second kappa shape index (κ2) is 10.7. The normalized spacial score (nSPS) is 14.8. The minimum atomic E-state index is -0.876. The Morgan fingerprint density at radius 2 is 1.64 bits per heavy atom. The van der Waals surface area contributed by atoms with Gasteiger partial charge in [-0.2, -0.15) is 0 Å². The van der Waals surface area contributed by atoms with E-state index in [1.54, 1.807) is 60.7 Å². The van der Waals surface area contributed by atoms with E-state index in [1.165, 1.54) is 37.5 Å². The van der Waals surface area contributed by atoms with Gasteiger partial charge >= 0.3 is 12.0 Å². The fourth-order valence-corrected chi connectivity index (χ4v) is 3.48. The maximum absolute atomic E-state index is 13.1. The molecule has 0 atom stereocenters. The van der Waals surface area contributed by atoms with Crippen molar-refractivity contribution in [1.29, 1.82) is 0 Å². The van der Waals surface area contributed by atoms with Gasteiger partial charge in [0.1, 0.15) is 17.1 Å². The number of amides is 4. The Balaban J connectivity index is 1.58. The van der Waals surface area contributed by atoms with Crippen LogP contribution in [0.4, 0.5) is 10.5 Å². The van der Waals surface area contributed by atoms with Gasteiger partial charge in [0.25, 0.3) is 11.8 Å². The molecular formula is C27H19ClN2O6. The molecule has 180 valence electrons. The third-order valence-electron chi connectivity index (χ3n) is 5.14. The van der Waals surface area contributed by atoms with Gasteiger partial charge in [-0.3, -0.25) is 14.9 Å². The highest BCUT2D eigenvalue weighted by Crippen LogP contribution is 2.27. The predicted octanol–water partition coefficient (Wildman–Crippen LogP) is 4.63. The van der Waals surface area contributed by atoms with Gasteiger partial charge in [0, 0.05) is 16.7 Å². The average Bonchev–Trinajstić information content (AvgIpc) is 2.87. The molecule has 1 aliphatic rings. The first-order valence-corrected chi connectivity index (χ1v) is 11.0. The number of carbonyl (C=O) groups is 4. The number of barbiturate groups is 1. The minimum Gasteiger partial charge on any atom is -0.497 e. The van der Waals surface area contributed by atoms with E-state index in [9.17, 15) is 19.2 Å². The van der Waals surface area contributed by atoms with Crippen LogP contribution in [-0.2, 0) is 14.4 Å². The number of hydrogen-bond donors (Lipinski definition) is 1. The molecule has 1 heterocycles. The van der Waals surface area contributed by atoms with Gasteiger partial charge in [-0.05, 0) is 60.2 Å². The van der Waals surface area contributed by atoms with E-state index in [1.807, 2.05) is 0 Å². The van der Waals surface area contributed by atoms with Crippen molar-refractivity contribution in [3.63, 3.8) is 0 Å². The van der Waals surface area contributed by atoms with E-state index in [2.05, 4.69) is 5.32 Å². The topological polar surface area (TPSA) is 102 Å². The fourth-order valence-electron chi connectivity index (χ4n) is 3.35. The highest BCUT2D eigenvalue weighted by molar-refractivity contribution is 6.39. The van der Waals surface area contributed by atoms with Crippen LogP contribution in [0.2, 0.25) is 5.02 Å². The summed E-state index contributed by atoms with van der Waals surface area (Å²) in [5, 5.41) is 2.73. The summed E-state index contributed by atoms with van der Waals surface area (Å²) in [6, 6.07) is 18.6. The van der Waals surface area contributed by atoms with Crippen molar-refractivity contribution in [2.75, 3.05) is 12.0 Å². The molecule has 36 heavy (non-hydrogen) atoms. The molecule has 3 aromatic carbocycles. The summed E-state index contributed by atoms with van der Waals surface area (Å²) >= 11 is 5.86. The molecular weight excluding hydrogens is 484 g/mol. The predicted molar refractivity (Wildman–Crippen MR) is 135 cm³/mol. The number of rotatable bonds is 6. The Kier molecular flexibility index (Phi) is 7.27. The van der Waals surface area contributed by atoms with Crippen molar-refractivity contribution in [1.82, 2.24) is 5.32 Å². The summed E-state index contributed by atoms with van der Waals surface area (Å²) in [4.78, 5) is 51.3. The number of nitrogens with one attached hydrogen (secondary N) is 1. The second-order valence-corrected chi connectivity index (χ2v) is 7.94. The fraction of sp³-hybridized carbons (Fsp3) is 0.0370. The minimum absolute atomic E-state index is 0.129. The van der Waals surface area contributed by atoms with Gasteiger partial charge in [-0.1, -0.05) is 41.9 Å². The van der Waals surface area contributed by atoms with Crippen molar-refractivity contribution in [2.24, 2.45) is 0 Å². The van der Waals surface area contributed by atoms with Gasteiger partial charge in [-0.15, -0.1) is 0 Å². The molecule has 0 bridgehead atoms. The number of nitrogens with zero attached hydrogens (tertiary/aromatic N) is 1. The highest BCUT2D eigenvalue weighted by atomic mass is 35.5. The first kappa shape index (κ1) is 24.4. The van der Waals surface area contributed by atoms with E-state index in [0.29, 0.717) is 16.3 Å². The SMILES string of the molecule is COc1ccc(N2C(=O)NC(=O)/C(=C/c3ccccc3OC(=O)/C=C/c3ccc(Cl)cc3)C2=O)cc1. The van der Waals surface area contributed by atoms with Crippen molar-refractivity contribution >= 4 is 53.3 Å². The van der Waals surface area contributed by atoms with Crippen LogP contribution >= 0.6 is 11.6 Å². The largest absolute Gasteiger partial charge is 0.497 e. The summed E-state index contributed by atoms with van der Waals surface area (Å²) in [7, 11) is 1.49. The molecule has 0 unspecified atom stereocenters. The first-order chi connectivity index (χ1) is 17.4. The van der Waals surface area contributed by atoms with Gasteiger partial charge in [0.2, 0.25) is 0 Å². The van der Waals surface area contributed by atoms with Crippen LogP contribution in [0.1, 0.15) is 11.1 Å². The summed E-state index contributed by atoms with van der Waals surface area (Å²) < 4.78 is 10.5. The Morgan fingerprint density at radius 1 is 0.944 bits per heavy atom. The first-order valence-electron chi connectivity index (χ1n) is 10.7. The van der Waals surface area contributed by atoms with Crippen molar-refractivity contribution in [3.8, 4) is 11.5 Å². The third-order valence-corrected chi connectivity index (χ3v) is 5.40. The van der Waals surface area contributed by atoms with Crippen LogP contribution in [0.5, 0.6) is 11.5 Å². The molecule has 0 spiro atoms. The van der Waals surface area contributed by atoms with Crippen LogP contribution in [-0.4, -0.2) is 30.9 Å². The van der Waals surface area contributed by atoms with E-state index in [4.69, 9.17) is 21.1 Å². The Labute approximate surface area is 211 Å². The lowest BCUT2D eigenvalue weighted by molar-refractivity contribution is -0.129. The van der Waals surface area contributed by atoms with Gasteiger partial charge in [-0.25, -0.2) is 14.5 Å². The van der Waals surface area contributed by atoms with Crippen molar-refractivity contribution in [3.05, 3.63) is 101 Å². The zero-order chi connectivity index (χ0) is 25.7. The number of methoxy groups -OCH3 is 1. The van der Waals surface area contributed by atoms with Crippen molar-refractivity contribution in [2.45, 2.75) is 0 Å².